The SMILES string of the molecule is CCC(C)(C=O)C(C)CCCC(C)(C)O. The van der Waals surface area contributed by atoms with Crippen molar-refractivity contribution in [2.75, 3.05) is 0 Å². The molecule has 2 unspecified atom stereocenters. The topological polar surface area (TPSA) is 37.3 Å². The smallest absolute Gasteiger partial charge is 0.126 e. The molecular weight excluding hydrogens is 188 g/mol. The molecule has 15 heavy (non-hydrogen) atoms. The van der Waals surface area contributed by atoms with Gasteiger partial charge < -0.3 is 9.90 Å². The molecule has 0 fully saturated rings. The number of carbonyl (C=O) groups excluding carboxylic acids is 1. The predicted octanol–water partition coefficient (Wildman–Crippen LogP) is 3.18. The highest BCUT2D eigenvalue weighted by molar-refractivity contribution is 5.58. The maximum atomic E-state index is 11.0. The Morgan fingerprint density at radius 2 is 1.87 bits per heavy atom. The lowest BCUT2D eigenvalue weighted by atomic mass is 9.74. The normalized spacial score (nSPS) is 18.3. The standard InChI is InChI=1S/C13H26O2/c1-6-13(5,10-14)11(2)8-7-9-12(3,4)15/h10-11,15H,6-9H2,1-5H3. The summed E-state index contributed by atoms with van der Waals surface area (Å²) in [7, 11) is 0. The van der Waals surface area contributed by atoms with E-state index < -0.39 is 5.60 Å². The largest absolute Gasteiger partial charge is 0.390 e. The Labute approximate surface area is 94.1 Å². The molecule has 1 N–H and O–H groups in total. The molecule has 0 saturated carbocycles. The molecule has 0 aliphatic heterocycles. The Morgan fingerprint density at radius 1 is 1.33 bits per heavy atom. The minimum atomic E-state index is -0.580. The van der Waals surface area contributed by atoms with Crippen LogP contribution < -0.4 is 0 Å². The van der Waals surface area contributed by atoms with E-state index in [4.69, 9.17) is 0 Å². The van der Waals surface area contributed by atoms with Crippen LogP contribution in [-0.2, 0) is 4.79 Å². The fraction of sp³-hybridized carbons (Fsp3) is 0.923. The van der Waals surface area contributed by atoms with E-state index in [0.717, 1.165) is 32.0 Å². The second kappa shape index (κ2) is 5.64. The molecule has 0 bridgehead atoms. The molecule has 0 heterocycles. The van der Waals surface area contributed by atoms with Gasteiger partial charge in [0.1, 0.15) is 6.29 Å². The fourth-order valence-corrected chi connectivity index (χ4v) is 1.72. The van der Waals surface area contributed by atoms with E-state index in [1.165, 1.54) is 0 Å². The molecule has 0 aromatic heterocycles. The van der Waals surface area contributed by atoms with Crippen molar-refractivity contribution in [2.45, 2.75) is 65.9 Å². The summed E-state index contributed by atoms with van der Waals surface area (Å²) in [6.45, 7) is 9.87. The zero-order valence-corrected chi connectivity index (χ0v) is 10.8. The lowest BCUT2D eigenvalue weighted by Gasteiger charge is -2.29. The van der Waals surface area contributed by atoms with E-state index in [0.29, 0.717) is 5.92 Å². The number of aliphatic hydroxyl groups is 1. The molecule has 0 aliphatic carbocycles. The third kappa shape index (κ3) is 5.31. The Balaban J connectivity index is 4.03. The second-order valence-corrected chi connectivity index (χ2v) is 5.58. The quantitative estimate of drug-likeness (QED) is 0.661. The van der Waals surface area contributed by atoms with Crippen LogP contribution in [0.3, 0.4) is 0 Å². The first kappa shape index (κ1) is 14.6. The summed E-state index contributed by atoms with van der Waals surface area (Å²) in [5, 5.41) is 9.58. The van der Waals surface area contributed by atoms with Gasteiger partial charge in [-0.2, -0.15) is 0 Å². The number of rotatable bonds is 7. The van der Waals surface area contributed by atoms with E-state index in [1.807, 2.05) is 20.8 Å². The lowest BCUT2D eigenvalue weighted by molar-refractivity contribution is -0.118. The minimum Gasteiger partial charge on any atom is -0.390 e. The van der Waals surface area contributed by atoms with Crippen LogP contribution in [-0.4, -0.2) is 17.0 Å². The zero-order valence-electron chi connectivity index (χ0n) is 10.8. The van der Waals surface area contributed by atoms with Gasteiger partial charge in [0.25, 0.3) is 0 Å². The molecule has 0 rings (SSSR count). The van der Waals surface area contributed by atoms with E-state index in [2.05, 4.69) is 13.8 Å². The summed E-state index contributed by atoms with van der Waals surface area (Å²) < 4.78 is 0. The maximum absolute atomic E-state index is 11.0. The van der Waals surface area contributed by atoms with Crippen LogP contribution in [0, 0.1) is 11.3 Å². The van der Waals surface area contributed by atoms with Crippen LogP contribution in [0.1, 0.15) is 60.3 Å². The van der Waals surface area contributed by atoms with Crippen LogP contribution in [0.5, 0.6) is 0 Å². The highest BCUT2D eigenvalue weighted by Gasteiger charge is 2.28. The van der Waals surface area contributed by atoms with Crippen molar-refractivity contribution in [2.24, 2.45) is 11.3 Å². The summed E-state index contributed by atoms with van der Waals surface area (Å²) in [4.78, 5) is 11.0. The molecule has 0 aliphatic rings. The first-order valence-corrected chi connectivity index (χ1v) is 5.94. The number of hydrogen-bond donors (Lipinski definition) is 1. The first-order chi connectivity index (χ1) is 6.75. The molecule has 0 saturated heterocycles. The van der Waals surface area contributed by atoms with Crippen LogP contribution in [0.2, 0.25) is 0 Å². The molecule has 90 valence electrons. The van der Waals surface area contributed by atoms with Gasteiger partial charge in [-0.3, -0.25) is 0 Å². The van der Waals surface area contributed by atoms with Crippen molar-refractivity contribution >= 4 is 6.29 Å². The molecule has 0 spiro atoms. The molecule has 2 nitrogen and oxygen atoms in total. The van der Waals surface area contributed by atoms with E-state index in [1.54, 1.807) is 0 Å². The third-order valence-corrected chi connectivity index (χ3v) is 3.58. The van der Waals surface area contributed by atoms with Gasteiger partial charge in [-0.25, -0.2) is 0 Å². The summed E-state index contributed by atoms with van der Waals surface area (Å²) in [5.74, 6) is 0.391. The van der Waals surface area contributed by atoms with Gasteiger partial charge in [-0.15, -0.1) is 0 Å². The Bertz CT molecular complexity index is 193. The van der Waals surface area contributed by atoms with Gasteiger partial charge in [0, 0.05) is 5.41 Å². The first-order valence-electron chi connectivity index (χ1n) is 5.94. The number of carbonyl (C=O) groups is 1. The highest BCUT2D eigenvalue weighted by atomic mass is 16.3. The van der Waals surface area contributed by atoms with Crippen molar-refractivity contribution in [3.8, 4) is 0 Å². The van der Waals surface area contributed by atoms with Crippen molar-refractivity contribution in [1.82, 2.24) is 0 Å². The molecule has 0 radical (unpaired) electrons. The number of hydrogen-bond acceptors (Lipinski definition) is 2. The lowest BCUT2D eigenvalue weighted by Crippen LogP contribution is -2.27. The number of aldehydes is 1. The Hall–Kier alpha value is -0.370. The van der Waals surface area contributed by atoms with Gasteiger partial charge in [0.15, 0.2) is 0 Å². The monoisotopic (exact) mass is 214 g/mol. The van der Waals surface area contributed by atoms with E-state index in [-0.39, 0.29) is 5.41 Å². The van der Waals surface area contributed by atoms with Crippen LogP contribution in [0.15, 0.2) is 0 Å². The Kier molecular flexibility index (Phi) is 5.50. The van der Waals surface area contributed by atoms with Crippen molar-refractivity contribution in [1.29, 1.82) is 0 Å². The second-order valence-electron chi connectivity index (χ2n) is 5.58. The molecule has 0 amide bonds. The highest BCUT2D eigenvalue weighted by Crippen LogP contribution is 2.32. The van der Waals surface area contributed by atoms with Crippen molar-refractivity contribution in [3.05, 3.63) is 0 Å². The Morgan fingerprint density at radius 3 is 2.20 bits per heavy atom. The summed E-state index contributed by atoms with van der Waals surface area (Å²) in [6, 6.07) is 0. The van der Waals surface area contributed by atoms with E-state index >= 15 is 0 Å². The van der Waals surface area contributed by atoms with Crippen LogP contribution in [0.4, 0.5) is 0 Å². The zero-order chi connectivity index (χ0) is 12.1. The fourth-order valence-electron chi connectivity index (χ4n) is 1.72. The van der Waals surface area contributed by atoms with Crippen LogP contribution >= 0.6 is 0 Å². The van der Waals surface area contributed by atoms with Gasteiger partial charge in [-0.1, -0.05) is 27.2 Å². The minimum absolute atomic E-state index is 0.195. The average molecular weight is 214 g/mol. The van der Waals surface area contributed by atoms with Gasteiger partial charge >= 0.3 is 0 Å². The van der Waals surface area contributed by atoms with Crippen molar-refractivity contribution < 1.29 is 9.90 Å². The van der Waals surface area contributed by atoms with Gasteiger partial charge in [0.2, 0.25) is 0 Å². The average Bonchev–Trinajstić information content (AvgIpc) is 2.14. The molecule has 2 atom stereocenters. The predicted molar refractivity (Wildman–Crippen MR) is 63.8 cm³/mol. The third-order valence-electron chi connectivity index (χ3n) is 3.58. The van der Waals surface area contributed by atoms with E-state index in [9.17, 15) is 9.90 Å². The van der Waals surface area contributed by atoms with Crippen LogP contribution in [0.25, 0.3) is 0 Å². The maximum Gasteiger partial charge on any atom is 0.126 e. The summed E-state index contributed by atoms with van der Waals surface area (Å²) in [6.07, 6.45) is 4.76. The summed E-state index contributed by atoms with van der Waals surface area (Å²) in [5.41, 5.74) is -0.775. The summed E-state index contributed by atoms with van der Waals surface area (Å²) >= 11 is 0. The molecule has 2 heteroatoms. The van der Waals surface area contributed by atoms with Crippen molar-refractivity contribution in [3.63, 3.8) is 0 Å². The van der Waals surface area contributed by atoms with Gasteiger partial charge in [0.05, 0.1) is 5.60 Å². The molecular formula is C13H26O2. The molecule has 0 aromatic rings. The molecule has 0 aromatic carbocycles. The van der Waals surface area contributed by atoms with Gasteiger partial charge in [-0.05, 0) is 39.0 Å².